The number of hydrazine groups is 1. The van der Waals surface area contributed by atoms with Crippen molar-refractivity contribution < 1.29 is 14.3 Å². The number of aromatic nitrogens is 2. The van der Waals surface area contributed by atoms with Crippen molar-refractivity contribution >= 4 is 17.5 Å². The number of benzene rings is 2. The highest BCUT2D eigenvalue weighted by Gasteiger charge is 2.15. The second-order valence-electron chi connectivity index (χ2n) is 6.04. The molecule has 0 aliphatic carbocycles. The molecule has 0 bridgehead atoms. The topological polar surface area (TPSA) is 145 Å². The van der Waals surface area contributed by atoms with E-state index in [2.05, 4.69) is 15.4 Å². The molecule has 1 heterocycles. The van der Waals surface area contributed by atoms with Gasteiger partial charge in [-0.05, 0) is 42.3 Å². The van der Waals surface area contributed by atoms with Crippen LogP contribution in [0.25, 0.3) is 22.5 Å². The van der Waals surface area contributed by atoms with E-state index in [4.69, 9.17) is 21.1 Å². The minimum absolute atomic E-state index is 0.0704. The lowest BCUT2D eigenvalue weighted by molar-refractivity contribution is 0.0601. The van der Waals surface area contributed by atoms with E-state index in [1.807, 2.05) is 19.1 Å². The van der Waals surface area contributed by atoms with E-state index in [0.29, 0.717) is 23.5 Å². The summed E-state index contributed by atoms with van der Waals surface area (Å²) in [4.78, 5) is 30.8. The zero-order chi connectivity index (χ0) is 21.0. The van der Waals surface area contributed by atoms with Gasteiger partial charge >= 0.3 is 5.97 Å². The third-order valence-electron chi connectivity index (χ3n) is 4.25. The van der Waals surface area contributed by atoms with Gasteiger partial charge in [-0.1, -0.05) is 18.2 Å². The van der Waals surface area contributed by atoms with Gasteiger partial charge in [0.2, 0.25) is 0 Å². The number of carbonyl (C=O) groups is 1. The van der Waals surface area contributed by atoms with Gasteiger partial charge in [0.05, 0.1) is 24.8 Å². The average Bonchev–Trinajstić information content (AvgIpc) is 2.75. The summed E-state index contributed by atoms with van der Waals surface area (Å²) in [7, 11) is 1.34. The predicted molar refractivity (Wildman–Crippen MR) is 110 cm³/mol. The Morgan fingerprint density at radius 1 is 1.21 bits per heavy atom. The van der Waals surface area contributed by atoms with E-state index in [1.165, 1.54) is 7.11 Å². The molecule has 0 amide bonds. The Kier molecular flexibility index (Phi) is 5.79. The number of rotatable bonds is 6. The van der Waals surface area contributed by atoms with Crippen molar-refractivity contribution in [2.45, 2.75) is 6.92 Å². The molecule has 0 fully saturated rings. The molecule has 0 saturated carbocycles. The second-order valence-corrected chi connectivity index (χ2v) is 6.04. The third kappa shape index (κ3) is 4.04. The van der Waals surface area contributed by atoms with Crippen LogP contribution < -0.4 is 27.3 Å². The highest BCUT2D eigenvalue weighted by Crippen LogP contribution is 2.33. The number of methoxy groups -OCH3 is 1. The second kappa shape index (κ2) is 8.44. The summed E-state index contributed by atoms with van der Waals surface area (Å²) in [6.07, 6.45) is 0. The fourth-order valence-electron chi connectivity index (χ4n) is 2.84. The van der Waals surface area contributed by atoms with Crippen molar-refractivity contribution in [3.63, 3.8) is 0 Å². The molecule has 3 rings (SSSR count). The van der Waals surface area contributed by atoms with Crippen LogP contribution in [0.4, 0.5) is 11.5 Å². The number of anilines is 2. The molecule has 0 unspecified atom stereocenters. The number of carbonyl (C=O) groups excluding carboxylic acids is 1. The number of nitrogens with zero attached hydrogens (tertiary/aromatic N) is 1. The lowest BCUT2D eigenvalue weighted by Gasteiger charge is -2.13. The van der Waals surface area contributed by atoms with Crippen LogP contribution in [0.3, 0.4) is 0 Å². The van der Waals surface area contributed by atoms with Gasteiger partial charge in [-0.25, -0.2) is 15.6 Å². The fourth-order valence-corrected chi connectivity index (χ4v) is 2.84. The Morgan fingerprint density at radius 3 is 2.66 bits per heavy atom. The van der Waals surface area contributed by atoms with Crippen LogP contribution in [0.5, 0.6) is 5.75 Å². The molecule has 6 N–H and O–H groups in total. The number of hydrogen-bond acceptors (Lipinski definition) is 8. The first-order chi connectivity index (χ1) is 14.0. The summed E-state index contributed by atoms with van der Waals surface area (Å²) >= 11 is 0. The molecule has 0 aliphatic heterocycles. The summed E-state index contributed by atoms with van der Waals surface area (Å²) in [5, 5.41) is 0. The lowest BCUT2D eigenvalue weighted by atomic mass is 10.0. The van der Waals surface area contributed by atoms with Crippen LogP contribution in [-0.4, -0.2) is 29.7 Å². The smallest absolute Gasteiger partial charge is 0.337 e. The molecule has 0 atom stereocenters. The van der Waals surface area contributed by atoms with Crippen molar-refractivity contribution in [1.82, 2.24) is 9.97 Å². The maximum atomic E-state index is 12.1. The number of hydrogen-bond donors (Lipinski definition) is 4. The number of ether oxygens (including phenoxy) is 2. The number of nitrogens with two attached hydrogens (primary N) is 2. The first-order valence-corrected chi connectivity index (χ1v) is 8.80. The maximum absolute atomic E-state index is 12.1. The molecular formula is C20H21N5O4. The van der Waals surface area contributed by atoms with Gasteiger partial charge in [-0.15, -0.1) is 0 Å². The van der Waals surface area contributed by atoms with Gasteiger partial charge in [-0.3, -0.25) is 4.79 Å². The maximum Gasteiger partial charge on any atom is 0.337 e. The first-order valence-electron chi connectivity index (χ1n) is 8.80. The largest absolute Gasteiger partial charge is 0.493 e. The zero-order valence-corrected chi connectivity index (χ0v) is 16.0. The van der Waals surface area contributed by atoms with Gasteiger partial charge in [-0.2, -0.15) is 0 Å². The summed E-state index contributed by atoms with van der Waals surface area (Å²) in [5.74, 6) is 5.82. The Bertz CT molecular complexity index is 1110. The van der Waals surface area contributed by atoms with Crippen molar-refractivity contribution in [3.05, 3.63) is 58.4 Å². The number of H-pyrrole nitrogens is 1. The average molecular weight is 395 g/mol. The van der Waals surface area contributed by atoms with E-state index in [-0.39, 0.29) is 17.3 Å². The molecule has 0 saturated heterocycles. The molecule has 0 aliphatic rings. The summed E-state index contributed by atoms with van der Waals surface area (Å²) < 4.78 is 10.5. The van der Waals surface area contributed by atoms with Crippen molar-refractivity contribution in [2.75, 3.05) is 24.9 Å². The van der Waals surface area contributed by atoms with E-state index >= 15 is 0 Å². The summed E-state index contributed by atoms with van der Waals surface area (Å²) in [6, 6.07) is 12.5. The first kappa shape index (κ1) is 19.9. The SMILES string of the molecule is CCOc1cc(-c2cccc(C(=O)OC)c2)ccc1-c1nc(NN)c(N)c(=O)[nH]1. The van der Waals surface area contributed by atoms with Gasteiger partial charge in [0.25, 0.3) is 5.56 Å². The van der Waals surface area contributed by atoms with Gasteiger partial charge in [0, 0.05) is 0 Å². The number of aromatic amines is 1. The molecule has 9 nitrogen and oxygen atoms in total. The van der Waals surface area contributed by atoms with Crippen LogP contribution in [0, 0.1) is 0 Å². The number of nitrogens with one attached hydrogen (secondary N) is 2. The minimum atomic E-state index is -0.514. The van der Waals surface area contributed by atoms with Crippen LogP contribution in [-0.2, 0) is 4.74 Å². The summed E-state index contributed by atoms with van der Waals surface area (Å²) in [6.45, 7) is 2.25. The van der Waals surface area contributed by atoms with Crippen LogP contribution in [0.15, 0.2) is 47.3 Å². The Balaban J connectivity index is 2.10. The molecule has 0 radical (unpaired) electrons. The highest BCUT2D eigenvalue weighted by molar-refractivity contribution is 5.91. The van der Waals surface area contributed by atoms with Crippen LogP contribution in [0.2, 0.25) is 0 Å². The molecule has 9 heteroatoms. The molecule has 3 aromatic rings. The number of esters is 1. The van der Waals surface area contributed by atoms with Crippen molar-refractivity contribution in [2.24, 2.45) is 5.84 Å². The van der Waals surface area contributed by atoms with Crippen LogP contribution >= 0.6 is 0 Å². The van der Waals surface area contributed by atoms with Crippen molar-refractivity contribution in [1.29, 1.82) is 0 Å². The van der Waals surface area contributed by atoms with E-state index in [1.54, 1.807) is 30.3 Å². The zero-order valence-electron chi connectivity index (χ0n) is 16.0. The van der Waals surface area contributed by atoms with Crippen molar-refractivity contribution in [3.8, 4) is 28.3 Å². The normalized spacial score (nSPS) is 10.4. The standard InChI is InChI=1S/C20H21N5O4/c1-3-29-15-10-12(11-5-4-6-13(9-11)20(27)28-2)7-8-14(15)17-23-18(25-22)16(21)19(26)24-17/h4-10H,3,21-22H2,1-2H3,(H2,23,24,25,26). The monoisotopic (exact) mass is 395 g/mol. The van der Waals surface area contributed by atoms with Gasteiger partial charge in [0.15, 0.2) is 5.82 Å². The lowest BCUT2D eigenvalue weighted by Crippen LogP contribution is -2.20. The Labute approximate surface area is 166 Å². The molecule has 150 valence electrons. The summed E-state index contributed by atoms with van der Waals surface area (Å²) in [5.41, 5.74) is 10.00. The molecule has 2 aromatic carbocycles. The molecule has 29 heavy (non-hydrogen) atoms. The minimum Gasteiger partial charge on any atom is -0.493 e. The van der Waals surface area contributed by atoms with Gasteiger partial charge < -0.3 is 25.6 Å². The molecule has 0 spiro atoms. The van der Waals surface area contributed by atoms with E-state index in [9.17, 15) is 9.59 Å². The Hall–Kier alpha value is -3.85. The number of nitrogen functional groups attached to an aromatic ring is 2. The quantitative estimate of drug-likeness (QED) is 0.282. The van der Waals surface area contributed by atoms with Gasteiger partial charge in [0.1, 0.15) is 17.3 Å². The molecule has 1 aromatic heterocycles. The fraction of sp³-hybridized carbons (Fsp3) is 0.150. The Morgan fingerprint density at radius 2 is 1.97 bits per heavy atom. The third-order valence-corrected chi connectivity index (χ3v) is 4.25. The van der Waals surface area contributed by atoms with E-state index < -0.39 is 11.5 Å². The highest BCUT2D eigenvalue weighted by atomic mass is 16.5. The molecular weight excluding hydrogens is 374 g/mol. The predicted octanol–water partition coefficient (Wildman–Crippen LogP) is 2.16. The van der Waals surface area contributed by atoms with Crippen LogP contribution in [0.1, 0.15) is 17.3 Å². The van der Waals surface area contributed by atoms with E-state index in [0.717, 1.165) is 11.1 Å².